The molecule has 0 aliphatic carbocycles. The SMILES string of the molecule is CC(=O)N(c1nc(COc2ccc([N+](=O)[O-])cc2Cl)cs1)c1c(C)cc(C)cc1Cl. The van der Waals surface area contributed by atoms with Gasteiger partial charge in [-0.15, -0.1) is 11.3 Å². The van der Waals surface area contributed by atoms with Crippen LogP contribution in [0.25, 0.3) is 0 Å². The van der Waals surface area contributed by atoms with Crippen LogP contribution < -0.4 is 9.64 Å². The van der Waals surface area contributed by atoms with Crippen LogP contribution in [-0.4, -0.2) is 15.8 Å². The van der Waals surface area contributed by atoms with E-state index in [4.69, 9.17) is 27.9 Å². The van der Waals surface area contributed by atoms with E-state index < -0.39 is 4.92 Å². The molecule has 0 radical (unpaired) electrons. The Labute approximate surface area is 187 Å². The standard InChI is InChI=1S/C20H17Cl2N3O4S/c1-11-6-12(2)19(17(22)7-11)24(13(3)26)20-23-14(10-30-20)9-29-18-5-4-15(25(27)28)8-16(18)21/h4-8,10H,9H2,1-3H3. The van der Waals surface area contributed by atoms with Crippen LogP contribution in [0.5, 0.6) is 5.75 Å². The number of amides is 1. The van der Waals surface area contributed by atoms with Crippen LogP contribution in [0.3, 0.4) is 0 Å². The summed E-state index contributed by atoms with van der Waals surface area (Å²) in [5.41, 5.74) is 2.91. The van der Waals surface area contributed by atoms with Gasteiger partial charge in [-0.05, 0) is 37.1 Å². The lowest BCUT2D eigenvalue weighted by Gasteiger charge is -2.22. The summed E-state index contributed by atoms with van der Waals surface area (Å²) in [5, 5.41) is 13.6. The Morgan fingerprint density at radius 2 is 1.97 bits per heavy atom. The predicted octanol–water partition coefficient (Wildman–Crippen LogP) is 6.24. The molecule has 0 fully saturated rings. The van der Waals surface area contributed by atoms with Crippen molar-refractivity contribution in [2.24, 2.45) is 0 Å². The molecule has 0 unspecified atom stereocenters. The molecule has 0 saturated carbocycles. The molecule has 0 bridgehead atoms. The third kappa shape index (κ3) is 4.72. The van der Waals surface area contributed by atoms with Gasteiger partial charge in [0.15, 0.2) is 5.13 Å². The molecule has 3 aromatic rings. The summed E-state index contributed by atoms with van der Waals surface area (Å²) < 4.78 is 5.64. The van der Waals surface area contributed by atoms with E-state index in [0.29, 0.717) is 27.3 Å². The molecule has 2 aromatic carbocycles. The maximum absolute atomic E-state index is 12.4. The van der Waals surface area contributed by atoms with Gasteiger partial charge in [0, 0.05) is 24.4 Å². The van der Waals surface area contributed by atoms with Gasteiger partial charge >= 0.3 is 0 Å². The molecule has 30 heavy (non-hydrogen) atoms. The van der Waals surface area contributed by atoms with Gasteiger partial charge in [0.1, 0.15) is 12.4 Å². The molecule has 1 aromatic heterocycles. The number of rotatable bonds is 6. The van der Waals surface area contributed by atoms with Crippen LogP contribution in [-0.2, 0) is 11.4 Å². The van der Waals surface area contributed by atoms with Crippen molar-refractivity contribution in [2.75, 3.05) is 4.90 Å². The molecule has 0 saturated heterocycles. The maximum atomic E-state index is 12.4. The number of benzene rings is 2. The van der Waals surface area contributed by atoms with Gasteiger partial charge in [0.05, 0.1) is 26.3 Å². The molecule has 3 rings (SSSR count). The second-order valence-electron chi connectivity index (χ2n) is 6.55. The van der Waals surface area contributed by atoms with Crippen molar-refractivity contribution in [1.29, 1.82) is 0 Å². The average Bonchev–Trinajstić information content (AvgIpc) is 3.11. The van der Waals surface area contributed by atoms with Gasteiger partial charge in [-0.2, -0.15) is 0 Å². The molecule has 0 aliphatic heterocycles. The third-order valence-electron chi connectivity index (χ3n) is 4.17. The molecule has 7 nitrogen and oxygen atoms in total. The Morgan fingerprint density at radius 1 is 1.23 bits per heavy atom. The van der Waals surface area contributed by atoms with Crippen LogP contribution in [0.1, 0.15) is 23.7 Å². The highest BCUT2D eigenvalue weighted by molar-refractivity contribution is 7.14. The topological polar surface area (TPSA) is 85.6 Å². The van der Waals surface area contributed by atoms with Crippen molar-refractivity contribution < 1.29 is 14.5 Å². The molecule has 156 valence electrons. The first-order valence-corrected chi connectivity index (χ1v) is 10.4. The highest BCUT2D eigenvalue weighted by Gasteiger charge is 2.23. The van der Waals surface area contributed by atoms with E-state index in [1.165, 1.54) is 41.4 Å². The molecule has 10 heteroatoms. The number of aromatic nitrogens is 1. The van der Waals surface area contributed by atoms with E-state index in [-0.39, 0.29) is 23.2 Å². The number of anilines is 2. The zero-order valence-electron chi connectivity index (χ0n) is 16.3. The number of halogens is 2. The van der Waals surface area contributed by atoms with Crippen molar-refractivity contribution in [2.45, 2.75) is 27.4 Å². The number of hydrogen-bond donors (Lipinski definition) is 0. The Balaban J connectivity index is 1.83. The first kappa shape index (κ1) is 22.0. The van der Waals surface area contributed by atoms with Crippen LogP contribution in [0.4, 0.5) is 16.5 Å². The summed E-state index contributed by atoms with van der Waals surface area (Å²) in [6.07, 6.45) is 0. The fourth-order valence-corrected chi connectivity index (χ4v) is 4.41. The van der Waals surface area contributed by atoms with E-state index >= 15 is 0 Å². The minimum Gasteiger partial charge on any atom is -0.486 e. The maximum Gasteiger partial charge on any atom is 0.271 e. The van der Waals surface area contributed by atoms with Gasteiger partial charge in [-0.3, -0.25) is 19.8 Å². The quantitative estimate of drug-likeness (QED) is 0.317. The number of carbonyl (C=O) groups is 1. The van der Waals surface area contributed by atoms with Gasteiger partial charge in [-0.1, -0.05) is 29.3 Å². The normalized spacial score (nSPS) is 10.7. The zero-order chi connectivity index (χ0) is 22.0. The zero-order valence-corrected chi connectivity index (χ0v) is 18.6. The van der Waals surface area contributed by atoms with Crippen molar-refractivity contribution in [3.8, 4) is 5.75 Å². The smallest absolute Gasteiger partial charge is 0.271 e. The number of thiazole rings is 1. The first-order chi connectivity index (χ1) is 14.2. The highest BCUT2D eigenvalue weighted by Crippen LogP contribution is 2.37. The van der Waals surface area contributed by atoms with Gasteiger partial charge in [0.2, 0.25) is 5.91 Å². The van der Waals surface area contributed by atoms with Crippen LogP contribution >= 0.6 is 34.5 Å². The lowest BCUT2D eigenvalue weighted by molar-refractivity contribution is -0.384. The van der Waals surface area contributed by atoms with E-state index in [0.717, 1.165) is 11.1 Å². The predicted molar refractivity (Wildman–Crippen MR) is 118 cm³/mol. The Morgan fingerprint density at radius 3 is 2.57 bits per heavy atom. The molecular weight excluding hydrogens is 449 g/mol. The summed E-state index contributed by atoms with van der Waals surface area (Å²) >= 11 is 13.8. The fraction of sp³-hybridized carbons (Fsp3) is 0.200. The lowest BCUT2D eigenvalue weighted by Crippen LogP contribution is -2.24. The summed E-state index contributed by atoms with van der Waals surface area (Å²) in [6.45, 7) is 5.35. The third-order valence-corrected chi connectivity index (χ3v) is 5.63. The minimum atomic E-state index is -0.531. The molecular formula is C20H17Cl2N3O4S. The summed E-state index contributed by atoms with van der Waals surface area (Å²) in [4.78, 5) is 28.6. The van der Waals surface area contributed by atoms with Crippen molar-refractivity contribution in [3.05, 3.63) is 72.7 Å². The van der Waals surface area contributed by atoms with E-state index in [9.17, 15) is 14.9 Å². The molecule has 0 N–H and O–H groups in total. The minimum absolute atomic E-state index is 0.0837. The number of nitro benzene ring substituents is 1. The number of nitrogens with zero attached hydrogens (tertiary/aromatic N) is 3. The monoisotopic (exact) mass is 465 g/mol. The van der Waals surface area contributed by atoms with Crippen LogP contribution in [0.15, 0.2) is 35.7 Å². The van der Waals surface area contributed by atoms with E-state index in [1.54, 1.807) is 11.4 Å². The van der Waals surface area contributed by atoms with Crippen molar-refractivity contribution in [3.63, 3.8) is 0 Å². The molecule has 0 aliphatic rings. The second kappa shape index (κ2) is 8.99. The average molecular weight is 466 g/mol. The Hall–Kier alpha value is -2.68. The first-order valence-electron chi connectivity index (χ1n) is 8.76. The molecule has 1 amide bonds. The second-order valence-corrected chi connectivity index (χ2v) is 8.20. The van der Waals surface area contributed by atoms with Gasteiger partial charge in [-0.25, -0.2) is 4.98 Å². The number of aryl methyl sites for hydroxylation is 2. The van der Waals surface area contributed by atoms with Crippen molar-refractivity contribution in [1.82, 2.24) is 4.98 Å². The molecule has 1 heterocycles. The summed E-state index contributed by atoms with van der Waals surface area (Å²) in [5.74, 6) is 0.0850. The van der Waals surface area contributed by atoms with Gasteiger partial charge in [0.25, 0.3) is 5.69 Å². The van der Waals surface area contributed by atoms with E-state index in [1.807, 2.05) is 19.9 Å². The number of hydrogen-bond acceptors (Lipinski definition) is 6. The lowest BCUT2D eigenvalue weighted by atomic mass is 10.1. The molecule has 0 atom stereocenters. The van der Waals surface area contributed by atoms with Crippen molar-refractivity contribution >= 4 is 57.0 Å². The fourth-order valence-electron chi connectivity index (χ4n) is 2.92. The largest absolute Gasteiger partial charge is 0.486 e. The number of carbonyl (C=O) groups excluding carboxylic acids is 1. The van der Waals surface area contributed by atoms with Crippen LogP contribution in [0, 0.1) is 24.0 Å². The van der Waals surface area contributed by atoms with Crippen LogP contribution in [0.2, 0.25) is 10.0 Å². The molecule has 0 spiro atoms. The summed E-state index contributed by atoms with van der Waals surface area (Å²) in [7, 11) is 0. The van der Waals surface area contributed by atoms with Gasteiger partial charge < -0.3 is 4.74 Å². The Kier molecular flexibility index (Phi) is 6.60. The number of ether oxygens (including phenoxy) is 1. The highest BCUT2D eigenvalue weighted by atomic mass is 35.5. The summed E-state index contributed by atoms with van der Waals surface area (Å²) in [6, 6.07) is 7.72. The Bertz CT molecular complexity index is 1110. The number of nitro groups is 1. The van der Waals surface area contributed by atoms with E-state index in [2.05, 4.69) is 4.98 Å². The number of non-ortho nitro benzene ring substituents is 1.